The zero-order valence-electron chi connectivity index (χ0n) is 16.0. The first-order valence-corrected chi connectivity index (χ1v) is 9.95. The quantitative estimate of drug-likeness (QED) is 0.828. The number of halogens is 1. The smallest absolute Gasteiger partial charge is 0.238 e. The molecule has 1 atom stereocenters. The maximum Gasteiger partial charge on any atom is 0.238 e. The zero-order valence-corrected chi connectivity index (χ0v) is 16.8. The van der Waals surface area contributed by atoms with Crippen LogP contribution in [0.4, 0.5) is 15.8 Å². The molecule has 2 aromatic rings. The van der Waals surface area contributed by atoms with E-state index in [-0.39, 0.29) is 18.0 Å². The number of carbonyl (C=O) groups is 2. The Kier molecular flexibility index (Phi) is 6.14. The number of amides is 2. The van der Waals surface area contributed by atoms with Crippen molar-refractivity contribution in [1.82, 2.24) is 4.90 Å². The van der Waals surface area contributed by atoms with Crippen molar-refractivity contribution in [1.29, 1.82) is 0 Å². The summed E-state index contributed by atoms with van der Waals surface area (Å²) in [5.41, 5.74) is 3.09. The predicted octanol–water partition coefficient (Wildman–Crippen LogP) is 4.42. The summed E-state index contributed by atoms with van der Waals surface area (Å²) in [6.07, 6.45) is 0.0464. The van der Waals surface area contributed by atoms with Gasteiger partial charge in [0.2, 0.25) is 11.8 Å². The van der Waals surface area contributed by atoms with E-state index in [1.807, 2.05) is 39.0 Å². The number of aliphatic imine (C=N–C) groups is 1. The van der Waals surface area contributed by atoms with Crippen LogP contribution in [-0.2, 0) is 9.59 Å². The Morgan fingerprint density at radius 2 is 2.00 bits per heavy atom. The van der Waals surface area contributed by atoms with Crippen LogP contribution in [0.2, 0.25) is 0 Å². The number of amidine groups is 1. The van der Waals surface area contributed by atoms with Crippen LogP contribution >= 0.6 is 11.8 Å². The molecule has 3 rings (SSSR count). The molecule has 146 valence electrons. The molecule has 28 heavy (non-hydrogen) atoms. The minimum Gasteiger partial charge on any atom is -0.323 e. The largest absolute Gasteiger partial charge is 0.323 e. The van der Waals surface area contributed by atoms with E-state index in [1.165, 1.54) is 23.9 Å². The number of aryl methyl sites for hydroxylation is 2. The summed E-state index contributed by atoms with van der Waals surface area (Å²) < 4.78 is 13.8. The molecule has 1 unspecified atom stereocenters. The molecule has 0 bridgehead atoms. The second kappa shape index (κ2) is 8.56. The van der Waals surface area contributed by atoms with Crippen molar-refractivity contribution in [3.63, 3.8) is 0 Å². The Labute approximate surface area is 168 Å². The number of anilines is 1. The van der Waals surface area contributed by atoms with Crippen LogP contribution in [-0.4, -0.2) is 33.7 Å². The van der Waals surface area contributed by atoms with E-state index in [2.05, 4.69) is 10.3 Å². The number of hydrogen-bond acceptors (Lipinski definition) is 4. The number of hydrogen-bond donors (Lipinski definition) is 1. The number of rotatable bonds is 4. The zero-order chi connectivity index (χ0) is 20.3. The van der Waals surface area contributed by atoms with Gasteiger partial charge in [0.25, 0.3) is 0 Å². The maximum absolute atomic E-state index is 13.8. The summed E-state index contributed by atoms with van der Waals surface area (Å²) in [5.74, 6) is -1.09. The molecular formula is C21H22FN3O2S. The van der Waals surface area contributed by atoms with Gasteiger partial charge in [-0.3, -0.25) is 14.5 Å². The number of thioether (sulfide) groups is 1. The Balaban J connectivity index is 1.84. The van der Waals surface area contributed by atoms with Crippen molar-refractivity contribution in [2.24, 2.45) is 4.99 Å². The van der Waals surface area contributed by atoms with E-state index in [9.17, 15) is 14.0 Å². The molecule has 7 heteroatoms. The van der Waals surface area contributed by atoms with Crippen LogP contribution in [0.25, 0.3) is 0 Å². The van der Waals surface area contributed by atoms with Crippen LogP contribution in [0.5, 0.6) is 0 Å². The van der Waals surface area contributed by atoms with Crippen molar-refractivity contribution in [3.05, 3.63) is 59.4 Å². The molecule has 1 aliphatic heterocycles. The lowest BCUT2D eigenvalue weighted by atomic mass is 10.1. The van der Waals surface area contributed by atoms with E-state index < -0.39 is 17.0 Å². The third kappa shape index (κ3) is 4.42. The van der Waals surface area contributed by atoms with E-state index in [0.29, 0.717) is 11.7 Å². The first-order chi connectivity index (χ1) is 13.4. The van der Waals surface area contributed by atoms with Gasteiger partial charge in [0, 0.05) is 13.0 Å². The van der Waals surface area contributed by atoms with Gasteiger partial charge in [-0.2, -0.15) is 0 Å². The lowest BCUT2D eigenvalue weighted by Crippen LogP contribution is -2.45. The molecule has 0 spiro atoms. The van der Waals surface area contributed by atoms with Gasteiger partial charge < -0.3 is 5.32 Å². The van der Waals surface area contributed by atoms with Crippen molar-refractivity contribution in [2.45, 2.75) is 32.4 Å². The highest BCUT2D eigenvalue weighted by molar-refractivity contribution is 8.15. The van der Waals surface area contributed by atoms with Crippen molar-refractivity contribution < 1.29 is 14.0 Å². The molecular weight excluding hydrogens is 377 g/mol. The topological polar surface area (TPSA) is 61.8 Å². The highest BCUT2D eigenvalue weighted by Crippen LogP contribution is 2.30. The lowest BCUT2D eigenvalue weighted by Gasteiger charge is -2.31. The summed E-state index contributed by atoms with van der Waals surface area (Å²) in [5, 5.41) is 2.39. The molecule has 1 saturated heterocycles. The average Bonchev–Trinajstić information content (AvgIpc) is 2.66. The molecule has 1 fully saturated rings. The minimum absolute atomic E-state index is 0.0464. The van der Waals surface area contributed by atoms with Gasteiger partial charge in [-0.1, -0.05) is 30.0 Å². The predicted molar refractivity (Wildman–Crippen MR) is 111 cm³/mol. The molecule has 1 heterocycles. The fourth-order valence-corrected chi connectivity index (χ4v) is 4.00. The lowest BCUT2D eigenvalue weighted by molar-refractivity contribution is -0.129. The van der Waals surface area contributed by atoms with E-state index in [4.69, 9.17) is 0 Å². The third-order valence-corrected chi connectivity index (χ3v) is 5.78. The molecule has 1 N–H and O–H groups in total. The maximum atomic E-state index is 13.8. The van der Waals surface area contributed by atoms with Gasteiger partial charge in [-0.05, 0) is 56.2 Å². The van der Waals surface area contributed by atoms with Gasteiger partial charge >= 0.3 is 0 Å². The fourth-order valence-electron chi connectivity index (χ4n) is 2.83. The summed E-state index contributed by atoms with van der Waals surface area (Å²) in [4.78, 5) is 31.4. The summed E-state index contributed by atoms with van der Waals surface area (Å²) in [7, 11) is 0. The van der Waals surface area contributed by atoms with Crippen molar-refractivity contribution in [2.75, 3.05) is 11.9 Å². The molecule has 0 saturated carbocycles. The van der Waals surface area contributed by atoms with Gasteiger partial charge in [-0.25, -0.2) is 9.38 Å². The second-order valence-corrected chi connectivity index (χ2v) is 7.75. The van der Waals surface area contributed by atoms with Crippen LogP contribution in [0, 0.1) is 19.7 Å². The Bertz CT molecular complexity index is 945. The molecule has 0 aliphatic carbocycles. The van der Waals surface area contributed by atoms with Gasteiger partial charge in [-0.15, -0.1) is 0 Å². The minimum atomic E-state index is -0.666. The standard InChI is InChI=1S/C21H22FN3O2S/c1-4-25-19(26)12-18(20(27)24-17-8-6-5-7-16(17)22)28-21(25)23-15-10-9-13(2)14(3)11-15/h5-11,18H,4,12H2,1-3H3,(H,24,27). The van der Waals surface area contributed by atoms with Crippen LogP contribution < -0.4 is 5.32 Å². The van der Waals surface area contributed by atoms with Gasteiger partial charge in [0.1, 0.15) is 11.1 Å². The van der Waals surface area contributed by atoms with Crippen molar-refractivity contribution >= 4 is 40.1 Å². The first-order valence-electron chi connectivity index (χ1n) is 9.07. The summed E-state index contributed by atoms with van der Waals surface area (Å²) in [6, 6.07) is 11.8. The van der Waals surface area contributed by atoms with Crippen LogP contribution in [0.15, 0.2) is 47.5 Å². The molecule has 5 nitrogen and oxygen atoms in total. The van der Waals surface area contributed by atoms with E-state index in [1.54, 1.807) is 17.0 Å². The molecule has 2 aromatic carbocycles. The molecule has 0 radical (unpaired) electrons. The van der Waals surface area contributed by atoms with Gasteiger partial charge in [0.15, 0.2) is 5.17 Å². The van der Waals surface area contributed by atoms with Crippen LogP contribution in [0.3, 0.4) is 0 Å². The average molecular weight is 399 g/mol. The van der Waals surface area contributed by atoms with Gasteiger partial charge in [0.05, 0.1) is 11.4 Å². The Hall–Kier alpha value is -2.67. The highest BCUT2D eigenvalue weighted by atomic mass is 32.2. The van der Waals surface area contributed by atoms with E-state index in [0.717, 1.165) is 16.8 Å². The Morgan fingerprint density at radius 3 is 2.68 bits per heavy atom. The summed E-state index contributed by atoms with van der Waals surface area (Å²) >= 11 is 1.23. The number of benzene rings is 2. The molecule has 2 amide bonds. The second-order valence-electron chi connectivity index (χ2n) is 6.58. The van der Waals surface area contributed by atoms with Crippen LogP contribution in [0.1, 0.15) is 24.5 Å². The third-order valence-electron chi connectivity index (χ3n) is 4.60. The first kappa shape index (κ1) is 20.1. The Morgan fingerprint density at radius 1 is 1.25 bits per heavy atom. The normalized spacial score (nSPS) is 18.4. The van der Waals surface area contributed by atoms with E-state index >= 15 is 0 Å². The number of nitrogens with zero attached hydrogens (tertiary/aromatic N) is 2. The SMILES string of the molecule is CCN1C(=O)CC(C(=O)Nc2ccccc2F)SC1=Nc1ccc(C)c(C)c1. The number of carbonyl (C=O) groups excluding carboxylic acids is 2. The number of nitrogens with one attached hydrogen (secondary N) is 1. The molecule has 0 aromatic heterocycles. The monoisotopic (exact) mass is 399 g/mol. The molecule has 1 aliphatic rings. The highest BCUT2D eigenvalue weighted by Gasteiger charge is 2.35. The summed E-state index contributed by atoms with van der Waals surface area (Å²) in [6.45, 7) is 6.36. The van der Waals surface area contributed by atoms with Crippen molar-refractivity contribution in [3.8, 4) is 0 Å². The fraction of sp³-hybridized carbons (Fsp3) is 0.286. The number of para-hydroxylation sites is 1.